The molecule has 2 aliphatic carbocycles. The van der Waals surface area contributed by atoms with Gasteiger partial charge in [0.25, 0.3) is 0 Å². The minimum absolute atomic E-state index is 0.184. The summed E-state index contributed by atoms with van der Waals surface area (Å²) in [5.74, 6) is 0.888. The minimum Gasteiger partial charge on any atom is -0.490 e. The lowest BCUT2D eigenvalue weighted by molar-refractivity contribution is -0.126. The average Bonchev–Trinajstić information content (AvgIpc) is 4.05. The van der Waals surface area contributed by atoms with Gasteiger partial charge in [-0.05, 0) is 84.9 Å². The van der Waals surface area contributed by atoms with Crippen LogP contribution < -0.4 is 15.4 Å². The van der Waals surface area contributed by atoms with E-state index in [4.69, 9.17) is 21.4 Å². The zero-order valence-corrected chi connectivity index (χ0v) is 28.1. The number of para-hydroxylation sites is 1. The lowest BCUT2D eigenvalue weighted by atomic mass is 9.93. The zero-order valence-electron chi connectivity index (χ0n) is 27.4. The molecular weight excluding hydrogens is 634 g/mol. The van der Waals surface area contributed by atoms with E-state index in [0.717, 1.165) is 61.0 Å². The van der Waals surface area contributed by atoms with Crippen molar-refractivity contribution in [1.82, 2.24) is 15.6 Å². The molecule has 2 aromatic carbocycles. The quantitative estimate of drug-likeness (QED) is 0.0929. The van der Waals surface area contributed by atoms with Crippen molar-refractivity contribution in [2.24, 2.45) is 0 Å². The Labute approximate surface area is 287 Å². The summed E-state index contributed by atoms with van der Waals surface area (Å²) in [6, 6.07) is 16.5. The number of carbonyl (C=O) groups is 1. The molecular formula is C37H48ClN3O7. The van der Waals surface area contributed by atoms with E-state index in [2.05, 4.69) is 52.9 Å². The van der Waals surface area contributed by atoms with Crippen LogP contribution in [0, 0.1) is 0 Å². The molecule has 1 heterocycles. The number of unbranched alkanes of at least 4 members (excludes halogenated alkanes) is 1. The number of hydrogen-bond acceptors (Lipinski definition) is 9. The predicted molar refractivity (Wildman–Crippen MR) is 184 cm³/mol. The summed E-state index contributed by atoms with van der Waals surface area (Å²) in [5, 5.41) is 55.0. The van der Waals surface area contributed by atoms with Crippen LogP contribution in [0.5, 0.6) is 5.75 Å². The maximum Gasteiger partial charge on any atom is 0.220 e. The molecule has 3 aromatic rings. The van der Waals surface area contributed by atoms with Crippen LogP contribution in [0.15, 0.2) is 60.9 Å². The topological polar surface area (TPSA) is 164 Å². The van der Waals surface area contributed by atoms with Gasteiger partial charge in [-0.15, -0.1) is 0 Å². The van der Waals surface area contributed by atoms with Crippen LogP contribution >= 0.6 is 11.6 Å². The Kier molecular flexibility index (Phi) is 12.5. The molecule has 5 atom stereocenters. The highest BCUT2D eigenvalue weighted by molar-refractivity contribution is 6.31. The Morgan fingerprint density at radius 3 is 2.50 bits per heavy atom. The van der Waals surface area contributed by atoms with Gasteiger partial charge >= 0.3 is 0 Å². The first kappa shape index (κ1) is 36.2. The number of ether oxygens (including phenoxy) is 1. The van der Waals surface area contributed by atoms with Gasteiger partial charge in [0.15, 0.2) is 0 Å². The second kappa shape index (κ2) is 16.5. The molecule has 5 rings (SSSR count). The molecule has 7 N–H and O–H groups in total. The van der Waals surface area contributed by atoms with Gasteiger partial charge in [0.05, 0.1) is 18.8 Å². The number of benzene rings is 2. The number of pyridine rings is 1. The van der Waals surface area contributed by atoms with Crippen molar-refractivity contribution in [3.63, 3.8) is 0 Å². The van der Waals surface area contributed by atoms with Crippen LogP contribution in [-0.4, -0.2) is 80.1 Å². The Hall–Kier alpha value is -3.09. The third-order valence-corrected chi connectivity index (χ3v) is 9.83. The summed E-state index contributed by atoms with van der Waals surface area (Å²) in [6.07, 6.45) is 4.43. The first-order valence-electron chi connectivity index (χ1n) is 17.0. The van der Waals surface area contributed by atoms with E-state index in [1.165, 1.54) is 11.1 Å². The van der Waals surface area contributed by atoms with Crippen LogP contribution in [0.2, 0.25) is 5.02 Å². The Morgan fingerprint density at radius 2 is 1.77 bits per heavy atom. The molecule has 260 valence electrons. The maximum atomic E-state index is 12.3. The normalized spacial score (nSPS) is 18.4. The second-order valence-corrected chi connectivity index (χ2v) is 13.7. The highest BCUT2D eigenvalue weighted by atomic mass is 35.5. The fourth-order valence-electron chi connectivity index (χ4n) is 6.03. The van der Waals surface area contributed by atoms with Gasteiger partial charge in [0.2, 0.25) is 5.91 Å². The number of carbonyl (C=O) groups excluding carboxylic acids is 1. The highest BCUT2D eigenvalue weighted by Gasteiger charge is 2.46. The zero-order chi connectivity index (χ0) is 34.3. The van der Waals surface area contributed by atoms with Gasteiger partial charge in [-0.1, -0.05) is 55.3 Å². The van der Waals surface area contributed by atoms with Crippen molar-refractivity contribution in [3.05, 3.63) is 82.6 Å². The van der Waals surface area contributed by atoms with Crippen molar-refractivity contribution < 1.29 is 35.1 Å². The van der Waals surface area contributed by atoms with E-state index >= 15 is 0 Å². The van der Waals surface area contributed by atoms with Crippen molar-refractivity contribution in [3.8, 4) is 16.9 Å². The Morgan fingerprint density at radius 1 is 1.02 bits per heavy atom. The molecule has 1 amide bonds. The standard InChI is InChI=1S/C37H48ClN3O7/c1-23(6-2-5-9-34(45)40-21-31(43)35(46)36(47)32(44)22-42)24-10-13-30(38)25(18-24)19-41-37(15-16-37)29-20-39-17-14-27(29)28-7-3-4-8-33(28)48-26-11-12-26/h3-4,7-8,10,13-14,17-18,20,23,26,31-32,35-36,41-44,46-47H,2,5-6,9,11-12,15-16,19,21-22H2,1H3,(H,40,45). The first-order chi connectivity index (χ1) is 23.1. The third-order valence-electron chi connectivity index (χ3n) is 9.46. The van der Waals surface area contributed by atoms with Crippen molar-refractivity contribution >= 4 is 17.5 Å². The minimum atomic E-state index is -1.73. The number of hydrogen-bond donors (Lipinski definition) is 7. The first-order valence-corrected chi connectivity index (χ1v) is 17.3. The lowest BCUT2D eigenvalue weighted by Gasteiger charge is -2.25. The molecule has 10 nitrogen and oxygen atoms in total. The summed E-state index contributed by atoms with van der Waals surface area (Å²) < 4.78 is 6.25. The van der Waals surface area contributed by atoms with Crippen LogP contribution in [-0.2, 0) is 16.9 Å². The molecule has 2 saturated carbocycles. The molecule has 0 bridgehead atoms. The number of nitrogens with one attached hydrogen (secondary N) is 2. The van der Waals surface area contributed by atoms with Crippen LogP contribution in [0.1, 0.15) is 80.9 Å². The molecule has 0 radical (unpaired) electrons. The molecule has 0 aliphatic heterocycles. The van der Waals surface area contributed by atoms with Crippen LogP contribution in [0.25, 0.3) is 11.1 Å². The number of aliphatic hydroxyl groups is 5. The van der Waals surface area contributed by atoms with E-state index in [1.807, 2.05) is 30.6 Å². The molecule has 1 aromatic heterocycles. The Bertz CT molecular complexity index is 1520. The number of aromatic nitrogens is 1. The second-order valence-electron chi connectivity index (χ2n) is 13.3. The number of nitrogens with zero attached hydrogens (tertiary/aromatic N) is 1. The van der Waals surface area contributed by atoms with E-state index < -0.39 is 31.0 Å². The molecule has 0 spiro atoms. The van der Waals surface area contributed by atoms with E-state index in [1.54, 1.807) is 0 Å². The molecule has 11 heteroatoms. The SMILES string of the molecule is CC(CCCCC(=O)NCC(O)C(O)C(O)C(O)CO)c1ccc(Cl)c(CNC2(c3cnccc3-c3ccccc3OC3CC3)CC2)c1. The van der Waals surface area contributed by atoms with E-state index in [0.29, 0.717) is 24.1 Å². The highest BCUT2D eigenvalue weighted by Crippen LogP contribution is 2.50. The number of halogens is 1. The van der Waals surface area contributed by atoms with Crippen LogP contribution in [0.4, 0.5) is 0 Å². The van der Waals surface area contributed by atoms with Gasteiger partial charge in [-0.25, -0.2) is 0 Å². The van der Waals surface area contributed by atoms with Gasteiger partial charge < -0.3 is 40.9 Å². The number of amides is 1. The molecule has 2 aliphatic rings. The molecule has 48 heavy (non-hydrogen) atoms. The van der Waals surface area contributed by atoms with E-state index in [9.17, 15) is 25.2 Å². The van der Waals surface area contributed by atoms with Crippen molar-refractivity contribution in [1.29, 1.82) is 0 Å². The summed E-state index contributed by atoms with van der Waals surface area (Å²) in [5.41, 5.74) is 5.43. The van der Waals surface area contributed by atoms with Gasteiger partial charge in [-0.3, -0.25) is 9.78 Å². The van der Waals surface area contributed by atoms with Gasteiger partial charge in [0, 0.05) is 48.0 Å². The molecule has 2 fully saturated rings. The summed E-state index contributed by atoms with van der Waals surface area (Å²) in [7, 11) is 0. The van der Waals surface area contributed by atoms with E-state index in [-0.39, 0.29) is 30.3 Å². The molecule has 0 saturated heterocycles. The van der Waals surface area contributed by atoms with Crippen molar-refractivity contribution in [2.45, 2.75) is 107 Å². The van der Waals surface area contributed by atoms with Gasteiger partial charge in [-0.2, -0.15) is 0 Å². The fraction of sp³-hybridized carbons (Fsp3) is 0.514. The summed E-state index contributed by atoms with van der Waals surface area (Å²) in [6.45, 7) is 1.74. The third kappa shape index (κ3) is 9.32. The molecule has 5 unspecified atom stereocenters. The number of rotatable bonds is 19. The summed E-state index contributed by atoms with van der Waals surface area (Å²) in [4.78, 5) is 16.8. The average molecular weight is 682 g/mol. The monoisotopic (exact) mass is 681 g/mol. The smallest absolute Gasteiger partial charge is 0.220 e. The maximum absolute atomic E-state index is 12.3. The van der Waals surface area contributed by atoms with Crippen molar-refractivity contribution in [2.75, 3.05) is 13.2 Å². The largest absolute Gasteiger partial charge is 0.490 e. The van der Waals surface area contributed by atoms with Crippen LogP contribution in [0.3, 0.4) is 0 Å². The van der Waals surface area contributed by atoms with Gasteiger partial charge in [0.1, 0.15) is 24.1 Å². The lowest BCUT2D eigenvalue weighted by Crippen LogP contribution is -2.49. The predicted octanol–water partition coefficient (Wildman–Crippen LogP) is 3.94. The summed E-state index contributed by atoms with van der Waals surface area (Å²) >= 11 is 6.69. The Balaban J connectivity index is 1.12. The number of aliphatic hydroxyl groups excluding tert-OH is 5. The fourth-order valence-corrected chi connectivity index (χ4v) is 6.21.